The van der Waals surface area contributed by atoms with Crippen LogP contribution in [0.2, 0.25) is 0 Å². The summed E-state index contributed by atoms with van der Waals surface area (Å²) in [5, 5.41) is 3.22. The normalized spacial score (nSPS) is 11.7. The molecular weight excluding hydrogens is 209 g/mol. The Morgan fingerprint density at radius 1 is 1.27 bits per heavy atom. The van der Waals surface area contributed by atoms with Crippen LogP contribution in [-0.4, -0.2) is 10.1 Å². The molecule has 0 aliphatic carbocycles. The molecule has 3 nitrogen and oxygen atoms in total. The smallest absolute Gasteiger partial charge is 0.329 e. The van der Waals surface area contributed by atoms with E-state index >= 15 is 0 Å². The zero-order valence-corrected chi connectivity index (χ0v) is 7.25. The van der Waals surface area contributed by atoms with Crippen molar-refractivity contribution >= 4 is 0 Å². The van der Waals surface area contributed by atoms with Crippen LogP contribution in [0.1, 0.15) is 5.89 Å². The summed E-state index contributed by atoms with van der Waals surface area (Å²) >= 11 is 0. The number of nitrogens with zero attached hydrogens (tertiary/aromatic N) is 2. The number of halogens is 3. The number of rotatable bonds is 1. The summed E-state index contributed by atoms with van der Waals surface area (Å²) in [5.74, 6) is -1.47. The molecule has 1 radical (unpaired) electrons. The first-order valence-electron chi connectivity index (χ1n) is 3.95. The zero-order chi connectivity index (χ0) is 10.9. The van der Waals surface area contributed by atoms with Gasteiger partial charge in [-0.05, 0) is 6.07 Å². The SMILES string of the molecule is FC(F)(F)c1nc(-c2[c]cccc2)no1. The second-order valence-corrected chi connectivity index (χ2v) is 2.70. The van der Waals surface area contributed by atoms with Crippen molar-refractivity contribution in [2.45, 2.75) is 6.18 Å². The van der Waals surface area contributed by atoms with Crippen LogP contribution in [0.25, 0.3) is 11.4 Å². The summed E-state index contributed by atoms with van der Waals surface area (Å²) in [6, 6.07) is 9.14. The van der Waals surface area contributed by atoms with E-state index in [0.29, 0.717) is 5.56 Å². The van der Waals surface area contributed by atoms with E-state index in [4.69, 9.17) is 0 Å². The monoisotopic (exact) mass is 213 g/mol. The predicted octanol–water partition coefficient (Wildman–Crippen LogP) is 2.56. The molecule has 0 unspecified atom stereocenters. The van der Waals surface area contributed by atoms with Crippen molar-refractivity contribution in [3.63, 3.8) is 0 Å². The third-order valence-electron chi connectivity index (χ3n) is 1.62. The molecule has 1 aromatic heterocycles. The molecule has 0 spiro atoms. The Morgan fingerprint density at radius 2 is 2.07 bits per heavy atom. The van der Waals surface area contributed by atoms with E-state index in [9.17, 15) is 13.2 Å². The zero-order valence-electron chi connectivity index (χ0n) is 7.25. The van der Waals surface area contributed by atoms with Crippen LogP contribution in [0.15, 0.2) is 28.8 Å². The number of alkyl halides is 3. The third-order valence-corrected chi connectivity index (χ3v) is 1.62. The number of hydrogen-bond donors (Lipinski definition) is 0. The Morgan fingerprint density at radius 3 is 2.60 bits per heavy atom. The van der Waals surface area contributed by atoms with E-state index in [1.165, 1.54) is 0 Å². The minimum atomic E-state index is -4.61. The molecule has 2 rings (SSSR count). The van der Waals surface area contributed by atoms with Crippen molar-refractivity contribution in [2.24, 2.45) is 0 Å². The second-order valence-electron chi connectivity index (χ2n) is 2.70. The summed E-state index contributed by atoms with van der Waals surface area (Å²) in [6.07, 6.45) is -4.61. The van der Waals surface area contributed by atoms with Crippen LogP contribution >= 0.6 is 0 Å². The van der Waals surface area contributed by atoms with Crippen molar-refractivity contribution in [1.29, 1.82) is 0 Å². The largest absolute Gasteiger partial charge is 0.471 e. The molecule has 0 aliphatic heterocycles. The Bertz CT molecular complexity index is 450. The minimum Gasteiger partial charge on any atom is -0.329 e. The van der Waals surface area contributed by atoms with E-state index in [-0.39, 0.29) is 5.82 Å². The van der Waals surface area contributed by atoms with Gasteiger partial charge in [0.15, 0.2) is 0 Å². The van der Waals surface area contributed by atoms with Gasteiger partial charge in [-0.3, -0.25) is 0 Å². The first-order valence-corrected chi connectivity index (χ1v) is 3.95. The molecule has 0 N–H and O–H groups in total. The highest BCUT2D eigenvalue weighted by atomic mass is 19.4. The van der Waals surface area contributed by atoms with Gasteiger partial charge in [0.05, 0.1) is 0 Å². The first-order chi connectivity index (χ1) is 7.07. The lowest BCUT2D eigenvalue weighted by atomic mass is 10.2. The average molecular weight is 213 g/mol. The Labute approximate surface area is 82.5 Å². The van der Waals surface area contributed by atoms with Gasteiger partial charge in [-0.2, -0.15) is 18.2 Å². The van der Waals surface area contributed by atoms with E-state index < -0.39 is 12.1 Å². The molecule has 0 saturated carbocycles. The molecule has 0 fully saturated rings. The standard InChI is InChI=1S/C9H4F3N2O/c10-9(11,12)8-13-7(14-15-8)6-4-2-1-3-5-6/h1-4H. The summed E-state index contributed by atoms with van der Waals surface area (Å²) in [6.45, 7) is 0. The molecule has 1 aromatic carbocycles. The van der Waals surface area contributed by atoms with Crippen molar-refractivity contribution in [3.8, 4) is 11.4 Å². The lowest BCUT2D eigenvalue weighted by Gasteiger charge is -1.95. The molecule has 0 atom stereocenters. The van der Waals surface area contributed by atoms with Crippen molar-refractivity contribution in [1.82, 2.24) is 10.1 Å². The minimum absolute atomic E-state index is 0.122. The lowest BCUT2D eigenvalue weighted by molar-refractivity contribution is -0.159. The molecule has 0 saturated heterocycles. The highest BCUT2D eigenvalue weighted by Gasteiger charge is 2.38. The molecule has 77 valence electrons. The predicted molar refractivity (Wildman–Crippen MR) is 43.6 cm³/mol. The van der Waals surface area contributed by atoms with E-state index in [0.717, 1.165) is 0 Å². The van der Waals surface area contributed by atoms with Gasteiger partial charge in [-0.15, -0.1) is 0 Å². The summed E-state index contributed by atoms with van der Waals surface area (Å²) in [7, 11) is 0. The molecule has 6 heteroatoms. The topological polar surface area (TPSA) is 38.9 Å². The van der Waals surface area contributed by atoms with Gasteiger partial charge in [0, 0.05) is 5.56 Å². The van der Waals surface area contributed by atoms with E-state index in [1.54, 1.807) is 24.3 Å². The number of benzene rings is 1. The highest BCUT2D eigenvalue weighted by Crippen LogP contribution is 2.28. The van der Waals surface area contributed by atoms with Crippen molar-refractivity contribution < 1.29 is 17.7 Å². The van der Waals surface area contributed by atoms with Gasteiger partial charge in [0.1, 0.15) is 0 Å². The van der Waals surface area contributed by atoms with Crippen molar-refractivity contribution in [2.75, 3.05) is 0 Å². The fraction of sp³-hybridized carbons (Fsp3) is 0.111. The summed E-state index contributed by atoms with van der Waals surface area (Å²) < 4.78 is 40.4. The molecule has 1 heterocycles. The Hall–Kier alpha value is -1.85. The van der Waals surface area contributed by atoms with Crippen LogP contribution in [-0.2, 0) is 6.18 Å². The van der Waals surface area contributed by atoms with Crippen LogP contribution in [0, 0.1) is 6.07 Å². The van der Waals surface area contributed by atoms with E-state index in [2.05, 4.69) is 20.7 Å². The van der Waals surface area contributed by atoms with Crippen LogP contribution in [0.4, 0.5) is 13.2 Å². The molecular formula is C9H4F3N2O. The molecule has 0 amide bonds. The second kappa shape index (κ2) is 3.38. The quantitative estimate of drug-likeness (QED) is 0.730. The van der Waals surface area contributed by atoms with Gasteiger partial charge in [-0.1, -0.05) is 29.4 Å². The maximum Gasteiger partial charge on any atom is 0.471 e. The Kier molecular flexibility index (Phi) is 2.18. The maximum atomic E-state index is 12.1. The average Bonchev–Trinajstić information content (AvgIpc) is 2.67. The molecule has 2 aromatic rings. The summed E-state index contributed by atoms with van der Waals surface area (Å²) in [5.41, 5.74) is 0.358. The van der Waals surface area contributed by atoms with Gasteiger partial charge >= 0.3 is 12.1 Å². The lowest BCUT2D eigenvalue weighted by Crippen LogP contribution is -2.04. The molecule has 15 heavy (non-hydrogen) atoms. The molecule has 0 aliphatic rings. The third kappa shape index (κ3) is 1.98. The van der Waals surface area contributed by atoms with Crippen LogP contribution in [0.3, 0.4) is 0 Å². The fourth-order valence-electron chi connectivity index (χ4n) is 0.980. The van der Waals surface area contributed by atoms with Gasteiger partial charge in [0.25, 0.3) is 0 Å². The number of aromatic nitrogens is 2. The van der Waals surface area contributed by atoms with Gasteiger partial charge in [0.2, 0.25) is 5.82 Å². The van der Waals surface area contributed by atoms with Crippen molar-refractivity contribution in [3.05, 3.63) is 36.2 Å². The van der Waals surface area contributed by atoms with Gasteiger partial charge < -0.3 is 4.52 Å². The Balaban J connectivity index is 2.37. The maximum absolute atomic E-state index is 12.1. The summed E-state index contributed by atoms with van der Waals surface area (Å²) in [4.78, 5) is 3.22. The van der Waals surface area contributed by atoms with Gasteiger partial charge in [-0.25, -0.2) is 0 Å². The van der Waals surface area contributed by atoms with Crippen LogP contribution in [0.5, 0.6) is 0 Å². The van der Waals surface area contributed by atoms with Crippen LogP contribution < -0.4 is 0 Å². The fourth-order valence-corrected chi connectivity index (χ4v) is 0.980. The van der Waals surface area contributed by atoms with E-state index in [1.807, 2.05) is 0 Å². The highest BCUT2D eigenvalue weighted by molar-refractivity contribution is 5.52. The number of hydrogen-bond acceptors (Lipinski definition) is 3. The first kappa shape index (κ1) is 9.70. The molecule has 0 bridgehead atoms.